The number of imidazole rings is 1. The largest absolute Gasteiger partial charge is 0.348 e. The number of carbonyl (C=O) groups excluding carboxylic acids is 1. The van der Waals surface area contributed by atoms with E-state index >= 15 is 0 Å². The molecular weight excluding hydrogens is 282 g/mol. The molecule has 0 aliphatic heterocycles. The van der Waals surface area contributed by atoms with Crippen LogP contribution in [0.15, 0.2) is 24.1 Å². The van der Waals surface area contributed by atoms with Gasteiger partial charge in [0, 0.05) is 35.2 Å². The highest BCUT2D eigenvalue weighted by atomic mass is 32.1. The standard InChI is InChI=1S/C16H21N3OS/c1-11-3-4-13-14(9-21-15(13)7-11)16(20)18-12(2)8-19-6-5-17-10-19/h5-6,9-12H,3-4,7-8H2,1-2H3,(H,18,20)/t11-,12+/m0/s1. The van der Waals surface area contributed by atoms with Crippen LogP contribution in [0.25, 0.3) is 0 Å². The van der Waals surface area contributed by atoms with Crippen LogP contribution in [0.5, 0.6) is 0 Å². The van der Waals surface area contributed by atoms with Crippen LogP contribution >= 0.6 is 11.3 Å². The van der Waals surface area contributed by atoms with Crippen LogP contribution in [0.3, 0.4) is 0 Å². The molecule has 5 heteroatoms. The zero-order chi connectivity index (χ0) is 14.8. The van der Waals surface area contributed by atoms with Crippen molar-refractivity contribution in [2.75, 3.05) is 0 Å². The summed E-state index contributed by atoms with van der Waals surface area (Å²) < 4.78 is 1.98. The van der Waals surface area contributed by atoms with E-state index in [1.165, 1.54) is 16.9 Å². The minimum Gasteiger partial charge on any atom is -0.348 e. The fourth-order valence-corrected chi connectivity index (χ4v) is 4.17. The van der Waals surface area contributed by atoms with Gasteiger partial charge in [0.05, 0.1) is 11.9 Å². The van der Waals surface area contributed by atoms with E-state index in [1.54, 1.807) is 23.9 Å². The lowest BCUT2D eigenvalue weighted by atomic mass is 9.88. The Morgan fingerprint density at radius 3 is 3.24 bits per heavy atom. The number of nitrogens with zero attached hydrogens (tertiary/aromatic N) is 2. The van der Waals surface area contributed by atoms with Crippen molar-refractivity contribution in [2.24, 2.45) is 5.92 Å². The van der Waals surface area contributed by atoms with Crippen LogP contribution in [0, 0.1) is 5.92 Å². The molecule has 0 spiro atoms. The van der Waals surface area contributed by atoms with Gasteiger partial charge >= 0.3 is 0 Å². The zero-order valence-corrected chi connectivity index (χ0v) is 13.3. The van der Waals surface area contributed by atoms with Gasteiger partial charge in [-0.15, -0.1) is 11.3 Å². The van der Waals surface area contributed by atoms with Gasteiger partial charge in [-0.3, -0.25) is 4.79 Å². The molecule has 3 rings (SSSR count). The number of hydrogen-bond donors (Lipinski definition) is 1. The molecule has 1 amide bonds. The minimum atomic E-state index is 0.0645. The van der Waals surface area contributed by atoms with E-state index in [0.717, 1.165) is 30.9 Å². The van der Waals surface area contributed by atoms with Gasteiger partial charge in [0.15, 0.2) is 0 Å². The first kappa shape index (κ1) is 14.3. The Morgan fingerprint density at radius 1 is 1.62 bits per heavy atom. The Hall–Kier alpha value is -1.62. The van der Waals surface area contributed by atoms with Crippen LogP contribution in [-0.4, -0.2) is 21.5 Å². The number of thiophene rings is 1. The summed E-state index contributed by atoms with van der Waals surface area (Å²) in [6, 6.07) is 0.0877. The van der Waals surface area contributed by atoms with Gasteiger partial charge in [-0.25, -0.2) is 4.98 Å². The molecule has 4 nitrogen and oxygen atoms in total. The maximum Gasteiger partial charge on any atom is 0.252 e. The average Bonchev–Trinajstić information content (AvgIpc) is 3.06. The second-order valence-electron chi connectivity index (χ2n) is 6.03. The molecule has 0 radical (unpaired) electrons. The summed E-state index contributed by atoms with van der Waals surface area (Å²) in [4.78, 5) is 17.9. The van der Waals surface area contributed by atoms with Crippen LogP contribution < -0.4 is 5.32 Å². The molecule has 0 saturated carbocycles. The van der Waals surface area contributed by atoms with Crippen molar-refractivity contribution in [3.63, 3.8) is 0 Å². The summed E-state index contributed by atoms with van der Waals surface area (Å²) in [6.45, 7) is 5.06. The second kappa shape index (κ2) is 6.02. The summed E-state index contributed by atoms with van der Waals surface area (Å²) in [5, 5.41) is 5.13. The summed E-state index contributed by atoms with van der Waals surface area (Å²) in [6.07, 6.45) is 8.79. The number of aromatic nitrogens is 2. The predicted molar refractivity (Wildman–Crippen MR) is 84.7 cm³/mol. The maximum atomic E-state index is 12.5. The molecule has 1 aliphatic rings. The predicted octanol–water partition coefficient (Wildman–Crippen LogP) is 2.89. The van der Waals surface area contributed by atoms with Crippen molar-refractivity contribution >= 4 is 17.2 Å². The normalized spacial score (nSPS) is 19.0. The lowest BCUT2D eigenvalue weighted by Crippen LogP contribution is -2.35. The first-order valence-electron chi connectivity index (χ1n) is 7.49. The van der Waals surface area contributed by atoms with E-state index < -0.39 is 0 Å². The Morgan fingerprint density at radius 2 is 2.48 bits per heavy atom. The second-order valence-corrected chi connectivity index (χ2v) is 7.00. The highest BCUT2D eigenvalue weighted by Crippen LogP contribution is 2.32. The van der Waals surface area contributed by atoms with E-state index in [9.17, 15) is 4.79 Å². The van der Waals surface area contributed by atoms with Crippen LogP contribution in [0.4, 0.5) is 0 Å². The summed E-state index contributed by atoms with van der Waals surface area (Å²) >= 11 is 1.74. The highest BCUT2D eigenvalue weighted by molar-refractivity contribution is 7.10. The van der Waals surface area contributed by atoms with E-state index in [4.69, 9.17) is 0 Å². The van der Waals surface area contributed by atoms with Gasteiger partial charge < -0.3 is 9.88 Å². The van der Waals surface area contributed by atoms with Gasteiger partial charge in [0.1, 0.15) is 0 Å². The highest BCUT2D eigenvalue weighted by Gasteiger charge is 2.23. The SMILES string of the molecule is C[C@H]1CCc2c(C(=O)N[C@H](C)Cn3ccnc3)csc2C1. The van der Waals surface area contributed by atoms with Crippen molar-refractivity contribution in [1.29, 1.82) is 0 Å². The summed E-state index contributed by atoms with van der Waals surface area (Å²) in [5.74, 6) is 0.807. The molecule has 2 heterocycles. The Labute approximate surface area is 129 Å². The lowest BCUT2D eigenvalue weighted by Gasteiger charge is -2.19. The fraction of sp³-hybridized carbons (Fsp3) is 0.500. The van der Waals surface area contributed by atoms with Crippen molar-refractivity contribution < 1.29 is 4.79 Å². The monoisotopic (exact) mass is 303 g/mol. The molecule has 0 aromatic carbocycles. The molecule has 1 aliphatic carbocycles. The first-order valence-corrected chi connectivity index (χ1v) is 8.37. The quantitative estimate of drug-likeness (QED) is 0.944. The molecule has 1 N–H and O–H groups in total. The number of hydrogen-bond acceptors (Lipinski definition) is 3. The third-order valence-electron chi connectivity index (χ3n) is 4.07. The van der Waals surface area contributed by atoms with E-state index in [1.807, 2.05) is 23.1 Å². The van der Waals surface area contributed by atoms with E-state index in [2.05, 4.69) is 17.2 Å². The Kier molecular flexibility index (Phi) is 4.10. The molecular formula is C16H21N3OS. The minimum absolute atomic E-state index is 0.0645. The fourth-order valence-electron chi connectivity index (χ4n) is 2.93. The van der Waals surface area contributed by atoms with Gasteiger partial charge in [-0.2, -0.15) is 0 Å². The Balaban J connectivity index is 1.66. The topological polar surface area (TPSA) is 46.9 Å². The number of amides is 1. The molecule has 112 valence electrons. The van der Waals surface area contributed by atoms with Crippen LogP contribution in [-0.2, 0) is 19.4 Å². The molecule has 2 atom stereocenters. The number of rotatable bonds is 4. The van der Waals surface area contributed by atoms with Gasteiger partial charge in [0.25, 0.3) is 5.91 Å². The van der Waals surface area contributed by atoms with Crippen molar-refractivity contribution in [1.82, 2.24) is 14.9 Å². The number of carbonyl (C=O) groups is 1. The zero-order valence-electron chi connectivity index (χ0n) is 12.5. The van der Waals surface area contributed by atoms with Crippen molar-refractivity contribution in [2.45, 2.75) is 45.7 Å². The van der Waals surface area contributed by atoms with Gasteiger partial charge in [-0.1, -0.05) is 6.92 Å². The van der Waals surface area contributed by atoms with Gasteiger partial charge in [0.2, 0.25) is 0 Å². The number of nitrogens with one attached hydrogen (secondary N) is 1. The third-order valence-corrected chi connectivity index (χ3v) is 5.12. The average molecular weight is 303 g/mol. The number of fused-ring (bicyclic) bond motifs is 1. The van der Waals surface area contributed by atoms with Crippen LogP contribution in [0.2, 0.25) is 0 Å². The molecule has 21 heavy (non-hydrogen) atoms. The van der Waals surface area contributed by atoms with Crippen LogP contribution in [0.1, 0.15) is 41.1 Å². The summed E-state index contributed by atoms with van der Waals surface area (Å²) in [5.41, 5.74) is 2.17. The van der Waals surface area contributed by atoms with Crippen molar-refractivity contribution in [3.05, 3.63) is 40.1 Å². The van der Waals surface area contributed by atoms with E-state index in [-0.39, 0.29) is 11.9 Å². The molecule has 0 saturated heterocycles. The molecule has 2 aromatic rings. The third kappa shape index (κ3) is 3.18. The van der Waals surface area contributed by atoms with Gasteiger partial charge in [-0.05, 0) is 37.7 Å². The van der Waals surface area contributed by atoms with E-state index in [0.29, 0.717) is 0 Å². The first-order chi connectivity index (χ1) is 10.1. The molecule has 0 bridgehead atoms. The smallest absolute Gasteiger partial charge is 0.252 e. The molecule has 0 unspecified atom stereocenters. The Bertz CT molecular complexity index is 618. The molecule has 0 fully saturated rings. The molecule has 2 aromatic heterocycles. The lowest BCUT2D eigenvalue weighted by molar-refractivity contribution is 0.0936. The summed E-state index contributed by atoms with van der Waals surface area (Å²) in [7, 11) is 0. The van der Waals surface area contributed by atoms with Crippen molar-refractivity contribution in [3.8, 4) is 0 Å². The maximum absolute atomic E-state index is 12.5.